The third-order valence-electron chi connectivity index (χ3n) is 5.82. The van der Waals surface area contributed by atoms with Crippen LogP contribution in [0.3, 0.4) is 0 Å². The Hall–Kier alpha value is -3.23. The van der Waals surface area contributed by atoms with E-state index in [1.54, 1.807) is 0 Å². The lowest BCUT2D eigenvalue weighted by Crippen LogP contribution is -2.32. The van der Waals surface area contributed by atoms with Gasteiger partial charge in [-0.2, -0.15) is 5.10 Å². The molecule has 0 spiro atoms. The van der Waals surface area contributed by atoms with E-state index in [0.717, 1.165) is 63.5 Å². The molecule has 35 heavy (non-hydrogen) atoms. The van der Waals surface area contributed by atoms with Gasteiger partial charge in [0, 0.05) is 24.7 Å². The molecule has 2 aromatic carbocycles. The average molecular weight is 481 g/mol. The summed E-state index contributed by atoms with van der Waals surface area (Å²) >= 11 is 0. The molecule has 1 atom stereocenters. The third-order valence-corrected chi connectivity index (χ3v) is 5.82. The monoisotopic (exact) mass is 480 g/mol. The molecular formula is C27H36N4O4. The molecule has 4 rings (SSSR count). The summed E-state index contributed by atoms with van der Waals surface area (Å²) in [7, 11) is 0. The van der Waals surface area contributed by atoms with Gasteiger partial charge in [0.15, 0.2) is 0 Å². The number of nitrogens with zero attached hydrogens (tertiary/aromatic N) is 2. The Morgan fingerprint density at radius 1 is 1.17 bits per heavy atom. The first-order valence-corrected chi connectivity index (χ1v) is 12.2. The number of anilines is 1. The Kier molecular flexibility index (Phi) is 10.3. The van der Waals surface area contributed by atoms with Crippen LogP contribution in [0.15, 0.2) is 47.6 Å². The van der Waals surface area contributed by atoms with Crippen LogP contribution in [0.2, 0.25) is 0 Å². The first-order valence-electron chi connectivity index (χ1n) is 12.2. The number of hydrogen-bond donors (Lipinski definition) is 2. The van der Waals surface area contributed by atoms with Gasteiger partial charge in [-0.15, -0.1) is 0 Å². The molecule has 2 aliphatic heterocycles. The van der Waals surface area contributed by atoms with Crippen molar-refractivity contribution in [3.8, 4) is 0 Å². The predicted octanol–water partition coefficient (Wildman–Crippen LogP) is 3.60. The summed E-state index contributed by atoms with van der Waals surface area (Å²) in [5.74, 6) is -0.273. The van der Waals surface area contributed by atoms with Gasteiger partial charge in [-0.3, -0.25) is 14.6 Å². The third kappa shape index (κ3) is 8.81. The number of carbonyl (C=O) groups excluding carboxylic acids is 2. The van der Waals surface area contributed by atoms with E-state index in [0.29, 0.717) is 5.56 Å². The van der Waals surface area contributed by atoms with Gasteiger partial charge in [0.05, 0.1) is 38.6 Å². The highest BCUT2D eigenvalue weighted by atomic mass is 16.5. The largest absolute Gasteiger partial charge is 0.463 e. The number of benzene rings is 2. The molecule has 1 saturated heterocycles. The fraction of sp³-hybridized carbons (Fsp3) is 0.444. The van der Waals surface area contributed by atoms with Crippen molar-refractivity contribution in [1.29, 1.82) is 0 Å². The zero-order valence-corrected chi connectivity index (χ0v) is 20.9. The molecule has 2 heterocycles. The minimum absolute atomic E-state index is 0.0764. The van der Waals surface area contributed by atoms with Crippen LogP contribution in [0.1, 0.15) is 54.2 Å². The van der Waals surface area contributed by atoms with Crippen LogP contribution >= 0.6 is 0 Å². The second-order valence-electron chi connectivity index (χ2n) is 8.63. The van der Waals surface area contributed by atoms with Crippen LogP contribution < -0.4 is 10.6 Å². The van der Waals surface area contributed by atoms with Gasteiger partial charge in [0.1, 0.15) is 0 Å². The summed E-state index contributed by atoms with van der Waals surface area (Å²) in [5, 5.41) is 12.8. The highest BCUT2D eigenvalue weighted by Gasteiger charge is 2.13. The van der Waals surface area contributed by atoms with Crippen LogP contribution in [-0.2, 0) is 27.2 Å². The van der Waals surface area contributed by atoms with E-state index in [9.17, 15) is 9.59 Å². The SMILES string of the molecule is CCC(C)OC(C)=O.O=C(Nc1ccc(C=NN2CCOCC2)cc1)c1ccc2c(c1)CCNC2. The van der Waals surface area contributed by atoms with Gasteiger partial charge in [0.2, 0.25) is 0 Å². The summed E-state index contributed by atoms with van der Waals surface area (Å²) in [5.41, 5.74) is 5.02. The lowest BCUT2D eigenvalue weighted by molar-refractivity contribution is -0.145. The predicted molar refractivity (Wildman–Crippen MR) is 138 cm³/mol. The molecule has 1 fully saturated rings. The molecule has 2 aliphatic rings. The molecule has 8 heteroatoms. The number of nitrogens with one attached hydrogen (secondary N) is 2. The Labute approximate surface area is 207 Å². The first kappa shape index (κ1) is 26.4. The molecule has 2 N–H and O–H groups in total. The second kappa shape index (κ2) is 13.6. The van der Waals surface area contributed by atoms with Crippen LogP contribution in [0, 0.1) is 0 Å². The number of morpholine rings is 1. The molecular weight excluding hydrogens is 444 g/mol. The molecule has 0 aromatic heterocycles. The maximum Gasteiger partial charge on any atom is 0.302 e. The van der Waals surface area contributed by atoms with Crippen LogP contribution in [0.4, 0.5) is 5.69 Å². The van der Waals surface area contributed by atoms with Gasteiger partial charge in [-0.25, -0.2) is 0 Å². The molecule has 0 radical (unpaired) electrons. The fourth-order valence-electron chi connectivity index (χ4n) is 3.66. The Balaban J connectivity index is 0.000000371. The summed E-state index contributed by atoms with van der Waals surface area (Å²) in [6.45, 7) is 10.2. The number of hydrogen-bond acceptors (Lipinski definition) is 7. The highest BCUT2D eigenvalue weighted by Crippen LogP contribution is 2.17. The van der Waals surface area contributed by atoms with Crippen LogP contribution in [0.5, 0.6) is 0 Å². The lowest BCUT2D eigenvalue weighted by atomic mass is 9.98. The van der Waals surface area contributed by atoms with Crippen molar-refractivity contribution >= 4 is 23.8 Å². The summed E-state index contributed by atoms with van der Waals surface area (Å²) in [6.07, 6.45) is 3.77. The van der Waals surface area contributed by atoms with E-state index in [-0.39, 0.29) is 18.0 Å². The average Bonchev–Trinajstić information content (AvgIpc) is 2.88. The number of ether oxygens (including phenoxy) is 2. The van der Waals surface area contributed by atoms with Crippen molar-refractivity contribution in [2.45, 2.75) is 46.3 Å². The van der Waals surface area contributed by atoms with Crippen molar-refractivity contribution < 1.29 is 19.1 Å². The zero-order chi connectivity index (χ0) is 25.0. The van der Waals surface area contributed by atoms with Gasteiger partial charge < -0.3 is 20.1 Å². The molecule has 0 bridgehead atoms. The van der Waals surface area contributed by atoms with E-state index in [4.69, 9.17) is 9.47 Å². The normalized spacial score (nSPS) is 16.0. The second-order valence-corrected chi connectivity index (χ2v) is 8.63. The highest BCUT2D eigenvalue weighted by molar-refractivity contribution is 6.04. The Bertz CT molecular complexity index is 1000. The summed E-state index contributed by atoms with van der Waals surface area (Å²) < 4.78 is 10.1. The summed E-state index contributed by atoms with van der Waals surface area (Å²) in [6, 6.07) is 13.7. The number of rotatable bonds is 6. The van der Waals surface area contributed by atoms with Crippen LogP contribution in [0.25, 0.3) is 0 Å². The first-order chi connectivity index (χ1) is 16.9. The van der Waals surface area contributed by atoms with Crippen molar-refractivity contribution in [1.82, 2.24) is 10.3 Å². The van der Waals surface area contributed by atoms with Crippen molar-refractivity contribution in [2.24, 2.45) is 5.10 Å². The summed E-state index contributed by atoms with van der Waals surface area (Å²) in [4.78, 5) is 22.7. The maximum atomic E-state index is 12.5. The zero-order valence-electron chi connectivity index (χ0n) is 20.9. The number of amides is 1. The van der Waals surface area contributed by atoms with Gasteiger partial charge in [0.25, 0.3) is 5.91 Å². The topological polar surface area (TPSA) is 92.3 Å². The number of carbonyl (C=O) groups is 2. The van der Waals surface area contributed by atoms with Gasteiger partial charge in [-0.1, -0.05) is 25.1 Å². The fourth-order valence-corrected chi connectivity index (χ4v) is 3.66. The molecule has 8 nitrogen and oxygen atoms in total. The number of fused-ring (bicyclic) bond motifs is 1. The minimum atomic E-state index is -0.195. The van der Waals surface area contributed by atoms with E-state index in [2.05, 4.69) is 15.7 Å². The molecule has 1 unspecified atom stereocenters. The number of esters is 1. The van der Waals surface area contributed by atoms with E-state index >= 15 is 0 Å². The lowest BCUT2D eigenvalue weighted by Gasteiger charge is -2.23. The van der Waals surface area contributed by atoms with E-state index < -0.39 is 0 Å². The van der Waals surface area contributed by atoms with Gasteiger partial charge in [-0.05, 0) is 67.3 Å². The van der Waals surface area contributed by atoms with Gasteiger partial charge >= 0.3 is 5.97 Å². The Morgan fingerprint density at radius 2 is 1.91 bits per heavy atom. The smallest absolute Gasteiger partial charge is 0.302 e. The van der Waals surface area contributed by atoms with Crippen molar-refractivity contribution in [3.05, 3.63) is 64.7 Å². The molecule has 188 valence electrons. The quantitative estimate of drug-likeness (QED) is 0.485. The van der Waals surface area contributed by atoms with Crippen molar-refractivity contribution in [2.75, 3.05) is 38.2 Å². The minimum Gasteiger partial charge on any atom is -0.463 e. The van der Waals surface area contributed by atoms with Crippen molar-refractivity contribution in [3.63, 3.8) is 0 Å². The maximum absolute atomic E-state index is 12.5. The molecule has 0 aliphatic carbocycles. The Morgan fingerprint density at radius 3 is 2.57 bits per heavy atom. The van der Waals surface area contributed by atoms with E-state index in [1.165, 1.54) is 18.1 Å². The molecule has 2 aromatic rings. The molecule has 0 saturated carbocycles. The van der Waals surface area contributed by atoms with Crippen LogP contribution in [-0.4, -0.2) is 62.1 Å². The number of hydrazone groups is 1. The standard InChI is InChI=1S/C21H24N4O2.C6H12O2/c26-21(18-3-4-19-15-22-8-7-17(19)13-18)24-20-5-1-16(2-6-20)14-23-25-9-11-27-12-10-25;1-4-5(2)8-6(3)7/h1-6,13-14,22H,7-12,15H2,(H,24,26);5H,4H2,1-3H3. The van der Waals surface area contributed by atoms with E-state index in [1.807, 2.05) is 67.5 Å². The molecule has 1 amide bonds.